The third-order valence-corrected chi connectivity index (χ3v) is 5.47. The van der Waals surface area contributed by atoms with E-state index >= 15 is 0 Å². The van der Waals surface area contributed by atoms with E-state index in [1.54, 1.807) is 16.0 Å². The molecule has 0 aromatic carbocycles. The molecule has 10 heteroatoms. The van der Waals surface area contributed by atoms with Crippen LogP contribution in [0.3, 0.4) is 0 Å². The lowest BCUT2D eigenvalue weighted by Gasteiger charge is -2.32. The SMILES string of the molecule is Cc1nc(N)c2nnn(CC3CN(Cc4nc(C(C)C)cs4)CCO3)c2n1. The first kappa shape index (κ1) is 18.2. The molecule has 9 nitrogen and oxygen atoms in total. The molecule has 0 radical (unpaired) electrons. The molecule has 3 aromatic heterocycles. The fraction of sp³-hybridized carbons (Fsp3) is 0.588. The van der Waals surface area contributed by atoms with Crippen molar-refractivity contribution in [1.82, 2.24) is 34.8 Å². The monoisotopic (exact) mass is 388 g/mol. The summed E-state index contributed by atoms with van der Waals surface area (Å²) in [6.45, 7) is 9.99. The molecule has 0 saturated carbocycles. The first-order valence-electron chi connectivity index (χ1n) is 9.11. The van der Waals surface area contributed by atoms with Crippen LogP contribution in [0, 0.1) is 6.92 Å². The largest absolute Gasteiger partial charge is 0.382 e. The van der Waals surface area contributed by atoms with Crippen molar-refractivity contribution < 1.29 is 4.74 Å². The van der Waals surface area contributed by atoms with Gasteiger partial charge in [-0.25, -0.2) is 19.6 Å². The summed E-state index contributed by atoms with van der Waals surface area (Å²) < 4.78 is 7.71. The molecule has 0 spiro atoms. The minimum absolute atomic E-state index is 0.0182. The molecular weight excluding hydrogens is 364 g/mol. The first-order valence-corrected chi connectivity index (χ1v) is 9.99. The van der Waals surface area contributed by atoms with Crippen molar-refractivity contribution in [2.75, 3.05) is 25.4 Å². The molecule has 1 saturated heterocycles. The van der Waals surface area contributed by atoms with Crippen LogP contribution in [-0.2, 0) is 17.8 Å². The van der Waals surface area contributed by atoms with Crippen molar-refractivity contribution in [1.29, 1.82) is 0 Å². The number of aryl methyl sites for hydroxylation is 1. The Balaban J connectivity index is 1.44. The van der Waals surface area contributed by atoms with Gasteiger partial charge in [-0.15, -0.1) is 16.4 Å². The standard InChI is InChI=1S/C17H24N8OS/c1-10(2)13-9-27-14(21-13)8-24-4-5-26-12(6-24)7-25-17-15(22-23-25)16(18)19-11(3)20-17/h9-10,12H,4-8H2,1-3H3,(H2,18,19,20). The van der Waals surface area contributed by atoms with Gasteiger partial charge in [0.15, 0.2) is 17.0 Å². The zero-order valence-corrected chi connectivity index (χ0v) is 16.6. The molecule has 1 fully saturated rings. The van der Waals surface area contributed by atoms with Gasteiger partial charge in [-0.1, -0.05) is 19.1 Å². The van der Waals surface area contributed by atoms with Gasteiger partial charge in [0.05, 0.1) is 31.5 Å². The van der Waals surface area contributed by atoms with Crippen LogP contribution in [0.5, 0.6) is 0 Å². The highest BCUT2D eigenvalue weighted by Gasteiger charge is 2.24. The van der Waals surface area contributed by atoms with Crippen molar-refractivity contribution in [3.05, 3.63) is 21.9 Å². The predicted molar refractivity (Wildman–Crippen MR) is 103 cm³/mol. The highest BCUT2D eigenvalue weighted by molar-refractivity contribution is 7.09. The number of nitrogen functional groups attached to an aromatic ring is 1. The van der Waals surface area contributed by atoms with Crippen molar-refractivity contribution >= 4 is 28.3 Å². The van der Waals surface area contributed by atoms with Crippen LogP contribution in [0.1, 0.15) is 36.3 Å². The van der Waals surface area contributed by atoms with Gasteiger partial charge in [0.25, 0.3) is 0 Å². The van der Waals surface area contributed by atoms with Crippen LogP contribution < -0.4 is 5.73 Å². The Morgan fingerprint density at radius 1 is 1.33 bits per heavy atom. The fourth-order valence-corrected chi connectivity index (χ4v) is 4.19. The Bertz CT molecular complexity index is 936. The van der Waals surface area contributed by atoms with Crippen molar-refractivity contribution in [2.24, 2.45) is 0 Å². The minimum Gasteiger partial charge on any atom is -0.382 e. The van der Waals surface area contributed by atoms with Crippen LogP contribution in [0.25, 0.3) is 11.2 Å². The van der Waals surface area contributed by atoms with Gasteiger partial charge in [0.1, 0.15) is 10.8 Å². The van der Waals surface area contributed by atoms with Crippen molar-refractivity contribution in [2.45, 2.75) is 45.9 Å². The number of rotatable bonds is 5. The van der Waals surface area contributed by atoms with Gasteiger partial charge in [0.2, 0.25) is 0 Å². The number of nitrogens with two attached hydrogens (primary N) is 1. The molecule has 3 aromatic rings. The molecule has 0 aliphatic carbocycles. The number of nitrogens with zero attached hydrogens (tertiary/aromatic N) is 7. The van der Waals surface area contributed by atoms with Crippen LogP contribution in [0.2, 0.25) is 0 Å². The topological polar surface area (TPSA) is 108 Å². The molecule has 144 valence electrons. The Kier molecular flexibility index (Phi) is 5.02. The average molecular weight is 389 g/mol. The minimum atomic E-state index is 0.0182. The van der Waals surface area contributed by atoms with E-state index in [0.29, 0.717) is 41.9 Å². The number of ether oxygens (including phenoxy) is 1. The maximum absolute atomic E-state index is 5.95. The van der Waals surface area contributed by atoms with E-state index in [-0.39, 0.29) is 6.10 Å². The molecule has 1 atom stereocenters. The molecule has 2 N–H and O–H groups in total. The van der Waals surface area contributed by atoms with Gasteiger partial charge >= 0.3 is 0 Å². The molecule has 1 aliphatic heterocycles. The van der Waals surface area contributed by atoms with Gasteiger partial charge < -0.3 is 10.5 Å². The van der Waals surface area contributed by atoms with E-state index in [0.717, 1.165) is 24.6 Å². The summed E-state index contributed by atoms with van der Waals surface area (Å²) in [5.74, 6) is 1.44. The number of hydrogen-bond donors (Lipinski definition) is 1. The predicted octanol–water partition coefficient (Wildman–Crippen LogP) is 1.59. The molecule has 27 heavy (non-hydrogen) atoms. The third-order valence-electron chi connectivity index (χ3n) is 4.62. The average Bonchev–Trinajstić information content (AvgIpc) is 3.23. The highest BCUT2D eigenvalue weighted by Crippen LogP contribution is 2.21. The summed E-state index contributed by atoms with van der Waals surface area (Å²) in [6.07, 6.45) is 0.0182. The second kappa shape index (κ2) is 7.45. The Morgan fingerprint density at radius 2 is 2.19 bits per heavy atom. The molecule has 1 aliphatic rings. The van der Waals surface area contributed by atoms with Crippen molar-refractivity contribution in [3.63, 3.8) is 0 Å². The number of fused-ring (bicyclic) bond motifs is 1. The fourth-order valence-electron chi connectivity index (χ4n) is 3.19. The maximum Gasteiger partial charge on any atom is 0.184 e. The summed E-state index contributed by atoms with van der Waals surface area (Å²) >= 11 is 1.73. The summed E-state index contributed by atoms with van der Waals surface area (Å²) in [6, 6.07) is 0. The molecule has 4 rings (SSSR count). The zero-order valence-electron chi connectivity index (χ0n) is 15.8. The second-order valence-electron chi connectivity index (χ2n) is 7.15. The number of anilines is 1. The van der Waals surface area contributed by atoms with Gasteiger partial charge in [0, 0.05) is 18.5 Å². The normalized spacial score (nSPS) is 18.6. The lowest BCUT2D eigenvalue weighted by Crippen LogP contribution is -2.43. The van der Waals surface area contributed by atoms with E-state index in [1.165, 1.54) is 5.69 Å². The van der Waals surface area contributed by atoms with Crippen LogP contribution >= 0.6 is 11.3 Å². The summed E-state index contributed by atoms with van der Waals surface area (Å²) in [5, 5.41) is 11.6. The second-order valence-corrected chi connectivity index (χ2v) is 8.09. The van der Waals surface area contributed by atoms with Crippen LogP contribution in [-0.4, -0.2) is 60.6 Å². The number of morpholine rings is 1. The molecule has 4 heterocycles. The Hall–Kier alpha value is -2.17. The van der Waals surface area contributed by atoms with Crippen LogP contribution in [0.15, 0.2) is 5.38 Å². The molecule has 1 unspecified atom stereocenters. The molecule has 0 bridgehead atoms. The third kappa shape index (κ3) is 3.92. The molecular formula is C17H24N8OS. The Morgan fingerprint density at radius 3 is 2.96 bits per heavy atom. The number of hydrogen-bond acceptors (Lipinski definition) is 9. The number of thiazole rings is 1. The van der Waals surface area contributed by atoms with Gasteiger partial charge in [-0.2, -0.15) is 0 Å². The lowest BCUT2D eigenvalue weighted by atomic mass is 10.2. The highest BCUT2D eigenvalue weighted by atomic mass is 32.1. The van der Waals surface area contributed by atoms with Crippen molar-refractivity contribution in [3.8, 4) is 0 Å². The van der Waals surface area contributed by atoms with E-state index in [4.69, 9.17) is 15.5 Å². The summed E-state index contributed by atoms with van der Waals surface area (Å²) in [4.78, 5) is 15.7. The number of aromatic nitrogens is 6. The lowest BCUT2D eigenvalue weighted by molar-refractivity contribution is -0.0399. The first-order chi connectivity index (χ1) is 13.0. The zero-order chi connectivity index (χ0) is 19.0. The smallest absolute Gasteiger partial charge is 0.184 e. The Labute approximate surface area is 161 Å². The van der Waals surface area contributed by atoms with Gasteiger partial charge in [-0.05, 0) is 12.8 Å². The maximum atomic E-state index is 5.95. The van der Waals surface area contributed by atoms with E-state index in [1.807, 2.05) is 6.92 Å². The van der Waals surface area contributed by atoms with Crippen LogP contribution in [0.4, 0.5) is 5.82 Å². The molecule has 0 amide bonds. The quantitative estimate of drug-likeness (QED) is 0.702. The van der Waals surface area contributed by atoms with E-state index in [9.17, 15) is 0 Å². The summed E-state index contributed by atoms with van der Waals surface area (Å²) in [7, 11) is 0. The van der Waals surface area contributed by atoms with E-state index in [2.05, 4.69) is 44.4 Å². The van der Waals surface area contributed by atoms with Gasteiger partial charge in [-0.3, -0.25) is 4.90 Å². The van der Waals surface area contributed by atoms with E-state index < -0.39 is 0 Å². The summed E-state index contributed by atoms with van der Waals surface area (Å²) in [5.41, 5.74) is 8.28.